The minimum absolute atomic E-state index is 0.111. The van der Waals surface area contributed by atoms with Crippen molar-refractivity contribution in [3.05, 3.63) is 53.6 Å². The SMILES string of the molecule is CC1CN(c2nc3cc(Cl)ccc3c3nnc(-c4ccccc4)n23)CCN1C(=O)C1CC1. The van der Waals surface area contributed by atoms with E-state index in [1.807, 2.05) is 57.8 Å². The molecule has 2 aliphatic rings. The Balaban J connectivity index is 1.48. The van der Waals surface area contributed by atoms with Gasteiger partial charge in [0.15, 0.2) is 11.5 Å². The maximum absolute atomic E-state index is 12.7. The van der Waals surface area contributed by atoms with Crippen molar-refractivity contribution >= 4 is 40.0 Å². The van der Waals surface area contributed by atoms with E-state index >= 15 is 0 Å². The molecule has 2 aromatic heterocycles. The van der Waals surface area contributed by atoms with Gasteiger partial charge in [-0.1, -0.05) is 41.9 Å². The van der Waals surface area contributed by atoms with Crippen molar-refractivity contribution in [2.24, 2.45) is 5.92 Å². The average Bonchev–Trinajstić information content (AvgIpc) is 3.57. The fraction of sp³-hybridized carbons (Fsp3) is 0.333. The van der Waals surface area contributed by atoms with Crippen molar-refractivity contribution in [2.45, 2.75) is 25.8 Å². The summed E-state index contributed by atoms with van der Waals surface area (Å²) >= 11 is 6.28. The number of carbonyl (C=O) groups excluding carboxylic acids is 1. The molecule has 162 valence electrons. The van der Waals surface area contributed by atoms with Crippen LogP contribution < -0.4 is 4.90 Å². The Hall–Kier alpha value is -3.19. The summed E-state index contributed by atoms with van der Waals surface area (Å²) in [4.78, 5) is 22.0. The van der Waals surface area contributed by atoms with E-state index in [-0.39, 0.29) is 12.0 Å². The third kappa shape index (κ3) is 3.19. The van der Waals surface area contributed by atoms with Crippen LogP contribution in [0.1, 0.15) is 19.8 Å². The second-order valence-electron chi connectivity index (χ2n) is 8.72. The molecule has 1 aliphatic carbocycles. The monoisotopic (exact) mass is 446 g/mol. The van der Waals surface area contributed by atoms with Crippen LogP contribution in [-0.4, -0.2) is 56.1 Å². The zero-order valence-electron chi connectivity index (χ0n) is 17.8. The highest BCUT2D eigenvalue weighted by Gasteiger charge is 2.38. The highest BCUT2D eigenvalue weighted by molar-refractivity contribution is 6.31. The summed E-state index contributed by atoms with van der Waals surface area (Å²) in [5.41, 5.74) is 2.52. The number of benzene rings is 2. The average molecular weight is 447 g/mol. The van der Waals surface area contributed by atoms with Gasteiger partial charge in [-0.3, -0.25) is 4.79 Å². The van der Waals surface area contributed by atoms with Gasteiger partial charge in [0.1, 0.15) is 0 Å². The number of amides is 1. The van der Waals surface area contributed by atoms with E-state index in [0.717, 1.165) is 46.7 Å². The van der Waals surface area contributed by atoms with Crippen LogP contribution in [-0.2, 0) is 4.79 Å². The largest absolute Gasteiger partial charge is 0.338 e. The molecule has 2 fully saturated rings. The molecule has 1 atom stereocenters. The van der Waals surface area contributed by atoms with Crippen LogP contribution in [0.2, 0.25) is 5.02 Å². The van der Waals surface area contributed by atoms with Gasteiger partial charge in [0.05, 0.1) is 5.52 Å². The standard InChI is InChI=1S/C24H23ClN6O/c1-15-14-29(11-12-30(15)23(32)17-7-8-17)24-26-20-13-18(25)9-10-19(20)22-28-27-21(31(22)24)16-5-3-2-4-6-16/h2-6,9-10,13,15,17H,7-8,11-12,14H2,1H3. The van der Waals surface area contributed by atoms with Crippen molar-refractivity contribution in [3.63, 3.8) is 0 Å². The van der Waals surface area contributed by atoms with Gasteiger partial charge >= 0.3 is 0 Å². The van der Waals surface area contributed by atoms with E-state index in [1.54, 1.807) is 0 Å². The van der Waals surface area contributed by atoms with Crippen molar-refractivity contribution in [2.75, 3.05) is 24.5 Å². The lowest BCUT2D eigenvalue weighted by Gasteiger charge is -2.40. The smallest absolute Gasteiger partial charge is 0.226 e. The Morgan fingerprint density at radius 2 is 1.88 bits per heavy atom. The van der Waals surface area contributed by atoms with Crippen molar-refractivity contribution < 1.29 is 4.79 Å². The fourth-order valence-corrected chi connectivity index (χ4v) is 4.78. The number of aromatic nitrogens is 4. The number of carbonyl (C=O) groups is 1. The molecular formula is C24H23ClN6O. The lowest BCUT2D eigenvalue weighted by atomic mass is 10.1. The summed E-state index contributed by atoms with van der Waals surface area (Å²) in [6.07, 6.45) is 2.06. The first-order valence-corrected chi connectivity index (χ1v) is 11.4. The number of hydrogen-bond acceptors (Lipinski definition) is 5. The number of fused-ring (bicyclic) bond motifs is 3. The van der Waals surface area contributed by atoms with Gasteiger partial charge in [-0.25, -0.2) is 9.38 Å². The summed E-state index contributed by atoms with van der Waals surface area (Å²) in [5.74, 6) is 2.07. The Kier molecular flexibility index (Phi) is 4.54. The highest BCUT2D eigenvalue weighted by Crippen LogP contribution is 2.34. The zero-order valence-corrected chi connectivity index (χ0v) is 18.5. The maximum atomic E-state index is 12.7. The molecule has 4 aromatic rings. The van der Waals surface area contributed by atoms with Gasteiger partial charge in [-0.05, 0) is 38.0 Å². The summed E-state index contributed by atoms with van der Waals surface area (Å²) in [6, 6.07) is 15.8. The molecule has 1 aliphatic heterocycles. The van der Waals surface area contributed by atoms with Gasteiger partial charge in [0.2, 0.25) is 11.9 Å². The molecule has 2 aromatic carbocycles. The van der Waals surface area contributed by atoms with Crippen LogP contribution in [0, 0.1) is 5.92 Å². The second kappa shape index (κ2) is 7.45. The summed E-state index contributed by atoms with van der Waals surface area (Å²) in [5, 5.41) is 10.6. The summed E-state index contributed by atoms with van der Waals surface area (Å²) in [6.45, 7) is 4.23. The molecule has 8 heteroatoms. The normalized spacial score (nSPS) is 19.1. The number of piperazine rings is 1. The summed E-state index contributed by atoms with van der Waals surface area (Å²) < 4.78 is 2.04. The number of rotatable bonds is 3. The molecule has 6 rings (SSSR count). The molecule has 0 spiro atoms. The Morgan fingerprint density at radius 3 is 2.62 bits per heavy atom. The van der Waals surface area contributed by atoms with Gasteiger partial charge in [0, 0.05) is 47.6 Å². The van der Waals surface area contributed by atoms with E-state index in [2.05, 4.69) is 22.0 Å². The Morgan fingerprint density at radius 1 is 1.06 bits per heavy atom. The Labute approximate surface area is 190 Å². The minimum atomic E-state index is 0.111. The third-order valence-electron chi connectivity index (χ3n) is 6.44. The molecular weight excluding hydrogens is 424 g/mol. The van der Waals surface area contributed by atoms with Gasteiger partial charge in [-0.2, -0.15) is 0 Å². The van der Waals surface area contributed by atoms with Gasteiger partial charge in [0.25, 0.3) is 0 Å². The predicted octanol–water partition coefficient (Wildman–Crippen LogP) is 4.05. The quantitative estimate of drug-likeness (QED) is 0.475. The van der Waals surface area contributed by atoms with Crippen LogP contribution >= 0.6 is 11.6 Å². The molecule has 1 unspecified atom stereocenters. The minimum Gasteiger partial charge on any atom is -0.338 e. The molecule has 3 heterocycles. The van der Waals surface area contributed by atoms with Crippen LogP contribution in [0.15, 0.2) is 48.5 Å². The molecule has 1 amide bonds. The molecule has 1 saturated heterocycles. The predicted molar refractivity (Wildman–Crippen MR) is 125 cm³/mol. The van der Waals surface area contributed by atoms with Crippen molar-refractivity contribution in [1.82, 2.24) is 24.5 Å². The molecule has 32 heavy (non-hydrogen) atoms. The summed E-state index contributed by atoms with van der Waals surface area (Å²) in [7, 11) is 0. The lowest BCUT2D eigenvalue weighted by molar-refractivity contribution is -0.134. The van der Waals surface area contributed by atoms with Crippen LogP contribution in [0.5, 0.6) is 0 Å². The number of nitrogens with zero attached hydrogens (tertiary/aromatic N) is 6. The van der Waals surface area contributed by atoms with E-state index < -0.39 is 0 Å². The van der Waals surface area contributed by atoms with Crippen LogP contribution in [0.3, 0.4) is 0 Å². The first kappa shape index (κ1) is 19.5. The molecule has 1 saturated carbocycles. The molecule has 7 nitrogen and oxygen atoms in total. The molecule has 0 N–H and O–H groups in total. The van der Waals surface area contributed by atoms with Gasteiger partial charge in [-0.15, -0.1) is 10.2 Å². The van der Waals surface area contributed by atoms with E-state index in [1.165, 1.54) is 0 Å². The topological polar surface area (TPSA) is 66.6 Å². The number of anilines is 1. The number of halogens is 1. The lowest BCUT2D eigenvalue weighted by Crippen LogP contribution is -2.55. The van der Waals surface area contributed by atoms with E-state index in [9.17, 15) is 4.79 Å². The molecule has 0 bridgehead atoms. The third-order valence-corrected chi connectivity index (χ3v) is 6.67. The van der Waals surface area contributed by atoms with Crippen molar-refractivity contribution in [3.8, 4) is 11.4 Å². The fourth-order valence-electron chi connectivity index (χ4n) is 4.61. The van der Waals surface area contributed by atoms with Crippen LogP contribution in [0.25, 0.3) is 27.9 Å². The first-order chi connectivity index (χ1) is 15.6. The number of hydrogen-bond donors (Lipinski definition) is 0. The van der Waals surface area contributed by atoms with E-state index in [4.69, 9.17) is 16.6 Å². The van der Waals surface area contributed by atoms with Crippen LogP contribution in [0.4, 0.5) is 5.95 Å². The second-order valence-corrected chi connectivity index (χ2v) is 9.16. The maximum Gasteiger partial charge on any atom is 0.226 e. The van der Waals surface area contributed by atoms with E-state index in [0.29, 0.717) is 30.6 Å². The van der Waals surface area contributed by atoms with Crippen molar-refractivity contribution in [1.29, 1.82) is 0 Å². The van der Waals surface area contributed by atoms with Gasteiger partial charge < -0.3 is 9.80 Å². The Bertz CT molecular complexity index is 1330. The molecule has 0 radical (unpaired) electrons. The zero-order chi connectivity index (χ0) is 21.8. The highest BCUT2D eigenvalue weighted by atomic mass is 35.5. The first-order valence-electron chi connectivity index (χ1n) is 11.1.